The lowest BCUT2D eigenvalue weighted by Gasteiger charge is -2.27. The fraction of sp³-hybridized carbons (Fsp3) is 0.462. The summed E-state index contributed by atoms with van der Waals surface area (Å²) >= 11 is 0. The smallest absolute Gasteiger partial charge is 0.311 e. The summed E-state index contributed by atoms with van der Waals surface area (Å²) in [4.78, 5) is 11.4. The Labute approximate surface area is 107 Å². The molecule has 1 aliphatic rings. The summed E-state index contributed by atoms with van der Waals surface area (Å²) in [7, 11) is -2.95. The van der Waals surface area contributed by atoms with Gasteiger partial charge in [-0.05, 0) is 24.3 Å². The Morgan fingerprint density at radius 1 is 1.17 bits per heavy atom. The maximum atomic E-state index is 11.4. The minimum atomic E-state index is -2.95. The molecule has 18 heavy (non-hydrogen) atoms. The maximum Gasteiger partial charge on any atom is 0.311 e. The quantitative estimate of drug-likeness (QED) is 0.905. The second-order valence-corrected chi connectivity index (χ2v) is 7.02. The van der Waals surface area contributed by atoms with Crippen molar-refractivity contribution in [1.29, 1.82) is 0 Å². The fourth-order valence-electron chi connectivity index (χ4n) is 2.52. The Balaban J connectivity index is 2.20. The third kappa shape index (κ3) is 2.90. The van der Waals surface area contributed by atoms with Gasteiger partial charge in [-0.25, -0.2) is 8.42 Å². The van der Waals surface area contributed by atoms with Crippen molar-refractivity contribution in [2.75, 3.05) is 11.5 Å². The van der Waals surface area contributed by atoms with E-state index in [9.17, 15) is 18.3 Å². The van der Waals surface area contributed by atoms with E-state index < -0.39 is 21.7 Å². The van der Waals surface area contributed by atoms with Crippen molar-refractivity contribution >= 4 is 15.8 Å². The van der Waals surface area contributed by atoms with Gasteiger partial charge in [-0.2, -0.15) is 0 Å². The van der Waals surface area contributed by atoms with Crippen LogP contribution in [0.2, 0.25) is 0 Å². The van der Waals surface area contributed by atoms with Gasteiger partial charge in [0.2, 0.25) is 0 Å². The summed E-state index contributed by atoms with van der Waals surface area (Å²) < 4.78 is 22.8. The molecule has 1 aromatic rings. The summed E-state index contributed by atoms with van der Waals surface area (Å²) in [6.45, 7) is 0. The van der Waals surface area contributed by atoms with Gasteiger partial charge in [0.05, 0.1) is 17.4 Å². The largest absolute Gasteiger partial charge is 0.481 e. The van der Waals surface area contributed by atoms with Crippen LogP contribution in [-0.2, 0) is 14.6 Å². The summed E-state index contributed by atoms with van der Waals surface area (Å²) in [5.74, 6) is -1.34. The van der Waals surface area contributed by atoms with E-state index in [2.05, 4.69) is 0 Å². The van der Waals surface area contributed by atoms with Crippen molar-refractivity contribution in [3.05, 3.63) is 35.9 Å². The molecule has 1 heterocycles. The van der Waals surface area contributed by atoms with Crippen molar-refractivity contribution < 1.29 is 18.3 Å². The molecule has 0 amide bonds. The maximum absolute atomic E-state index is 11.4. The van der Waals surface area contributed by atoms with Crippen LogP contribution in [0.25, 0.3) is 0 Å². The van der Waals surface area contributed by atoms with Crippen LogP contribution in [-0.4, -0.2) is 31.0 Å². The van der Waals surface area contributed by atoms with E-state index in [0.29, 0.717) is 12.8 Å². The second kappa shape index (κ2) is 5.10. The average molecular weight is 268 g/mol. The fourth-order valence-corrected chi connectivity index (χ4v) is 4.05. The molecule has 0 bridgehead atoms. The van der Waals surface area contributed by atoms with Gasteiger partial charge in [0.15, 0.2) is 0 Å². The van der Waals surface area contributed by atoms with Gasteiger partial charge in [-0.15, -0.1) is 0 Å². The Hall–Kier alpha value is -1.36. The van der Waals surface area contributed by atoms with E-state index in [-0.39, 0.29) is 17.4 Å². The van der Waals surface area contributed by atoms with Gasteiger partial charge >= 0.3 is 5.97 Å². The summed E-state index contributed by atoms with van der Waals surface area (Å²) in [5, 5.41) is 9.36. The van der Waals surface area contributed by atoms with E-state index in [1.54, 1.807) is 12.1 Å². The highest BCUT2D eigenvalue weighted by Gasteiger charge is 2.34. The van der Waals surface area contributed by atoms with Crippen LogP contribution >= 0.6 is 0 Å². The number of hydrogen-bond acceptors (Lipinski definition) is 3. The molecule has 1 aliphatic heterocycles. The van der Waals surface area contributed by atoms with E-state index in [4.69, 9.17) is 0 Å². The number of hydrogen-bond donors (Lipinski definition) is 1. The average Bonchev–Trinajstić information content (AvgIpc) is 2.33. The number of carboxylic acids is 1. The summed E-state index contributed by atoms with van der Waals surface area (Å²) in [6.07, 6.45) is 0.877. The first-order chi connectivity index (χ1) is 8.49. The molecule has 0 radical (unpaired) electrons. The zero-order valence-electron chi connectivity index (χ0n) is 9.95. The standard InChI is InChI=1S/C13H16O4S/c14-13(15)12(10-4-2-1-3-5-10)11-6-8-18(16,17)9-7-11/h1-5,11-12H,6-9H2,(H,14,15). The van der Waals surface area contributed by atoms with Crippen LogP contribution < -0.4 is 0 Å². The first-order valence-electron chi connectivity index (χ1n) is 5.98. The van der Waals surface area contributed by atoms with Crippen LogP contribution in [0.1, 0.15) is 24.3 Å². The van der Waals surface area contributed by atoms with Crippen molar-refractivity contribution in [3.63, 3.8) is 0 Å². The lowest BCUT2D eigenvalue weighted by molar-refractivity contribution is -0.140. The second-order valence-electron chi connectivity index (χ2n) is 4.72. The molecule has 0 spiro atoms. The van der Waals surface area contributed by atoms with E-state index in [1.165, 1.54) is 0 Å². The topological polar surface area (TPSA) is 71.4 Å². The Kier molecular flexibility index (Phi) is 3.71. The lowest BCUT2D eigenvalue weighted by atomic mass is 9.82. The molecule has 1 unspecified atom stereocenters. The molecule has 0 aromatic heterocycles. The molecular formula is C13H16O4S. The predicted molar refractivity (Wildman–Crippen MR) is 68.2 cm³/mol. The molecule has 1 saturated heterocycles. The minimum absolute atomic E-state index is 0.0894. The first-order valence-corrected chi connectivity index (χ1v) is 7.80. The third-order valence-electron chi connectivity index (χ3n) is 3.50. The Bertz CT molecular complexity index is 507. The normalized spacial score (nSPS) is 21.3. The number of sulfone groups is 1. The Morgan fingerprint density at radius 3 is 2.22 bits per heavy atom. The Morgan fingerprint density at radius 2 is 1.72 bits per heavy atom. The molecule has 1 fully saturated rings. The molecule has 5 heteroatoms. The van der Waals surface area contributed by atoms with Crippen molar-refractivity contribution in [1.82, 2.24) is 0 Å². The predicted octanol–water partition coefficient (Wildman–Crippen LogP) is 1.68. The molecule has 1 N–H and O–H groups in total. The highest BCUT2D eigenvalue weighted by atomic mass is 32.2. The number of carbonyl (C=O) groups is 1. The van der Waals surface area contributed by atoms with Crippen LogP contribution in [0.3, 0.4) is 0 Å². The third-order valence-corrected chi connectivity index (χ3v) is 5.21. The summed E-state index contributed by atoms with van der Waals surface area (Å²) in [6, 6.07) is 9.05. The number of rotatable bonds is 3. The molecule has 4 nitrogen and oxygen atoms in total. The van der Waals surface area contributed by atoms with Gasteiger partial charge in [0.1, 0.15) is 9.84 Å². The highest BCUT2D eigenvalue weighted by Crippen LogP contribution is 2.33. The number of carboxylic acid groups (broad SMARTS) is 1. The lowest BCUT2D eigenvalue weighted by Crippen LogP contribution is -2.30. The van der Waals surface area contributed by atoms with Gasteiger partial charge < -0.3 is 5.11 Å². The molecule has 98 valence electrons. The van der Waals surface area contributed by atoms with Gasteiger partial charge in [-0.1, -0.05) is 30.3 Å². The van der Waals surface area contributed by atoms with E-state index in [0.717, 1.165) is 5.56 Å². The molecule has 1 aromatic carbocycles. The monoisotopic (exact) mass is 268 g/mol. The van der Waals surface area contributed by atoms with Gasteiger partial charge in [0.25, 0.3) is 0 Å². The zero-order valence-corrected chi connectivity index (χ0v) is 10.8. The number of aliphatic carboxylic acids is 1. The summed E-state index contributed by atoms with van der Waals surface area (Å²) in [5.41, 5.74) is 0.759. The van der Waals surface area contributed by atoms with Crippen LogP contribution in [0, 0.1) is 5.92 Å². The van der Waals surface area contributed by atoms with Crippen LogP contribution in [0.4, 0.5) is 0 Å². The highest BCUT2D eigenvalue weighted by molar-refractivity contribution is 7.91. The minimum Gasteiger partial charge on any atom is -0.481 e. The van der Waals surface area contributed by atoms with Crippen LogP contribution in [0.15, 0.2) is 30.3 Å². The van der Waals surface area contributed by atoms with Crippen LogP contribution in [0.5, 0.6) is 0 Å². The molecule has 0 aliphatic carbocycles. The molecule has 0 saturated carbocycles. The van der Waals surface area contributed by atoms with Gasteiger partial charge in [0, 0.05) is 0 Å². The van der Waals surface area contributed by atoms with Gasteiger partial charge in [-0.3, -0.25) is 4.79 Å². The van der Waals surface area contributed by atoms with Crippen molar-refractivity contribution in [3.8, 4) is 0 Å². The number of benzene rings is 1. The van der Waals surface area contributed by atoms with E-state index in [1.807, 2.05) is 18.2 Å². The first kappa shape index (κ1) is 13.1. The SMILES string of the molecule is O=C(O)C(c1ccccc1)C1CCS(=O)(=O)CC1. The molecule has 2 rings (SSSR count). The molecular weight excluding hydrogens is 252 g/mol. The van der Waals surface area contributed by atoms with Crippen molar-refractivity contribution in [2.24, 2.45) is 5.92 Å². The van der Waals surface area contributed by atoms with Crippen molar-refractivity contribution in [2.45, 2.75) is 18.8 Å². The zero-order chi connectivity index (χ0) is 13.2. The van der Waals surface area contributed by atoms with E-state index >= 15 is 0 Å². The molecule has 1 atom stereocenters.